The molecule has 6 heteroatoms. The third-order valence-electron chi connectivity index (χ3n) is 4.68. The number of carbonyl (C=O) groups excluding carboxylic acids is 1. The zero-order chi connectivity index (χ0) is 19.4. The van der Waals surface area contributed by atoms with E-state index in [0.717, 1.165) is 12.0 Å². The first-order chi connectivity index (χ1) is 13.0. The van der Waals surface area contributed by atoms with Crippen LogP contribution in [0.3, 0.4) is 0 Å². The van der Waals surface area contributed by atoms with Crippen LogP contribution >= 0.6 is 11.8 Å². The molecule has 0 radical (unpaired) electrons. The number of hydrogen-bond acceptors (Lipinski definition) is 4. The summed E-state index contributed by atoms with van der Waals surface area (Å²) in [6.45, 7) is 4.33. The van der Waals surface area contributed by atoms with Crippen LogP contribution in [-0.2, 0) is 7.05 Å². The van der Waals surface area contributed by atoms with E-state index in [1.54, 1.807) is 12.1 Å². The van der Waals surface area contributed by atoms with Crippen molar-refractivity contribution in [1.29, 1.82) is 0 Å². The van der Waals surface area contributed by atoms with Crippen molar-refractivity contribution in [3.63, 3.8) is 0 Å². The summed E-state index contributed by atoms with van der Waals surface area (Å²) >= 11 is 1.35. The van der Waals surface area contributed by atoms with Crippen molar-refractivity contribution in [3.8, 4) is 11.4 Å². The second kappa shape index (κ2) is 8.48. The van der Waals surface area contributed by atoms with Crippen LogP contribution in [0, 0.1) is 5.82 Å². The normalized spacial score (nSPS) is 12.1. The number of nitrogens with zero attached hydrogens (tertiary/aromatic N) is 3. The highest BCUT2D eigenvalue weighted by molar-refractivity contribution is 7.99. The molecule has 4 nitrogen and oxygen atoms in total. The van der Waals surface area contributed by atoms with Gasteiger partial charge >= 0.3 is 0 Å². The molecule has 1 heterocycles. The minimum Gasteiger partial charge on any atom is -0.305 e. The average Bonchev–Trinajstić information content (AvgIpc) is 3.06. The van der Waals surface area contributed by atoms with Crippen molar-refractivity contribution >= 4 is 17.5 Å². The highest BCUT2D eigenvalue weighted by Gasteiger charge is 2.14. The third-order valence-corrected chi connectivity index (χ3v) is 5.70. The lowest BCUT2D eigenvalue weighted by Gasteiger charge is -2.09. The van der Waals surface area contributed by atoms with Gasteiger partial charge in [-0.3, -0.25) is 4.79 Å². The van der Waals surface area contributed by atoms with Crippen molar-refractivity contribution in [1.82, 2.24) is 14.8 Å². The van der Waals surface area contributed by atoms with Crippen molar-refractivity contribution < 1.29 is 9.18 Å². The van der Waals surface area contributed by atoms with Gasteiger partial charge in [0.2, 0.25) is 0 Å². The third kappa shape index (κ3) is 4.45. The fraction of sp³-hybridized carbons (Fsp3) is 0.286. The molecule has 0 spiro atoms. The van der Waals surface area contributed by atoms with Gasteiger partial charge < -0.3 is 4.57 Å². The van der Waals surface area contributed by atoms with Crippen LogP contribution in [0.1, 0.15) is 42.1 Å². The van der Waals surface area contributed by atoms with Gasteiger partial charge in [-0.25, -0.2) is 4.39 Å². The second-order valence-electron chi connectivity index (χ2n) is 6.52. The Hall–Kier alpha value is -2.47. The van der Waals surface area contributed by atoms with Gasteiger partial charge in [0.1, 0.15) is 5.82 Å². The first-order valence-corrected chi connectivity index (χ1v) is 9.89. The largest absolute Gasteiger partial charge is 0.305 e. The number of thioether (sulfide) groups is 1. The van der Waals surface area contributed by atoms with Crippen molar-refractivity contribution in [2.75, 3.05) is 5.75 Å². The van der Waals surface area contributed by atoms with Gasteiger partial charge in [0.25, 0.3) is 0 Å². The summed E-state index contributed by atoms with van der Waals surface area (Å²) in [4.78, 5) is 12.5. The fourth-order valence-corrected chi connectivity index (χ4v) is 3.54. The molecule has 2 aromatic carbocycles. The Morgan fingerprint density at radius 1 is 1.11 bits per heavy atom. The molecule has 1 aromatic heterocycles. The molecule has 0 unspecified atom stereocenters. The Balaban J connectivity index is 1.66. The lowest BCUT2D eigenvalue weighted by atomic mass is 9.97. The Bertz CT molecular complexity index is 920. The zero-order valence-corrected chi connectivity index (χ0v) is 16.5. The molecule has 3 aromatic rings. The van der Waals surface area contributed by atoms with Gasteiger partial charge in [0.15, 0.2) is 16.8 Å². The number of Topliss-reactive ketones (excluding diaryl/α,β-unsaturated/α-hetero) is 1. The average molecular weight is 383 g/mol. The van der Waals surface area contributed by atoms with E-state index < -0.39 is 0 Å². The first kappa shape index (κ1) is 19.3. The van der Waals surface area contributed by atoms with Crippen LogP contribution in [0.5, 0.6) is 0 Å². The van der Waals surface area contributed by atoms with E-state index >= 15 is 0 Å². The van der Waals surface area contributed by atoms with E-state index in [1.807, 2.05) is 35.9 Å². The number of halogens is 1. The summed E-state index contributed by atoms with van der Waals surface area (Å²) < 4.78 is 14.9. The number of benzene rings is 2. The van der Waals surface area contributed by atoms with Crippen LogP contribution in [0.2, 0.25) is 0 Å². The molecule has 140 valence electrons. The smallest absolute Gasteiger partial charge is 0.191 e. The molecule has 0 bridgehead atoms. The standard InChI is InChI=1S/C21H22FN3OS/c1-4-14(2)15-5-7-16(8-6-15)19(26)13-27-21-24-23-20(25(21)3)17-9-11-18(22)12-10-17/h5-12,14H,4,13H2,1-3H3/t14-/m1/s1. The van der Waals surface area contributed by atoms with Crippen molar-refractivity contribution in [2.45, 2.75) is 31.3 Å². The molecule has 0 saturated heterocycles. The van der Waals surface area contributed by atoms with Crippen LogP contribution < -0.4 is 0 Å². The van der Waals surface area contributed by atoms with Crippen LogP contribution in [0.15, 0.2) is 53.7 Å². The number of aromatic nitrogens is 3. The predicted octanol–water partition coefficient (Wildman–Crippen LogP) is 5.11. The van der Waals surface area contributed by atoms with Gasteiger partial charge in [-0.1, -0.05) is 49.9 Å². The first-order valence-electron chi connectivity index (χ1n) is 8.91. The summed E-state index contributed by atoms with van der Waals surface area (Å²) in [6.07, 6.45) is 1.08. The predicted molar refractivity (Wildman–Crippen MR) is 107 cm³/mol. The van der Waals surface area contributed by atoms with Crippen molar-refractivity contribution in [3.05, 3.63) is 65.5 Å². The summed E-state index contributed by atoms with van der Waals surface area (Å²) in [5.41, 5.74) is 2.74. The van der Waals surface area contributed by atoms with Gasteiger partial charge in [0, 0.05) is 18.2 Å². The summed E-state index contributed by atoms with van der Waals surface area (Å²) in [5, 5.41) is 8.98. The van der Waals surface area contributed by atoms with Gasteiger partial charge in [-0.15, -0.1) is 10.2 Å². The summed E-state index contributed by atoms with van der Waals surface area (Å²) in [6, 6.07) is 14.0. The number of hydrogen-bond donors (Lipinski definition) is 0. The van der Waals surface area contributed by atoms with E-state index in [4.69, 9.17) is 0 Å². The molecule has 0 aliphatic carbocycles. The lowest BCUT2D eigenvalue weighted by Crippen LogP contribution is -2.04. The minimum atomic E-state index is -0.291. The Morgan fingerprint density at radius 3 is 2.41 bits per heavy atom. The highest BCUT2D eigenvalue weighted by Crippen LogP contribution is 2.24. The van der Waals surface area contributed by atoms with E-state index in [1.165, 1.54) is 29.5 Å². The quantitative estimate of drug-likeness (QED) is 0.420. The van der Waals surface area contributed by atoms with Gasteiger partial charge in [-0.2, -0.15) is 0 Å². The Morgan fingerprint density at radius 2 is 1.78 bits per heavy atom. The van der Waals surface area contributed by atoms with Gasteiger partial charge in [0.05, 0.1) is 5.75 Å². The van der Waals surface area contributed by atoms with E-state index in [2.05, 4.69) is 24.0 Å². The van der Waals surface area contributed by atoms with E-state index in [0.29, 0.717) is 22.5 Å². The molecule has 0 aliphatic rings. The Kier molecular flexibility index (Phi) is 6.06. The molecular weight excluding hydrogens is 361 g/mol. The SMILES string of the molecule is CC[C@@H](C)c1ccc(C(=O)CSc2nnc(-c3ccc(F)cc3)n2C)cc1. The second-order valence-corrected chi connectivity index (χ2v) is 7.46. The maximum absolute atomic E-state index is 13.1. The molecular formula is C21H22FN3OS. The zero-order valence-electron chi connectivity index (χ0n) is 15.6. The highest BCUT2D eigenvalue weighted by atomic mass is 32.2. The molecule has 0 aliphatic heterocycles. The molecule has 0 fully saturated rings. The maximum atomic E-state index is 13.1. The molecule has 0 N–H and O–H groups in total. The summed E-state index contributed by atoms with van der Waals surface area (Å²) in [7, 11) is 1.84. The van der Waals surface area contributed by atoms with Crippen LogP contribution in [0.4, 0.5) is 4.39 Å². The molecule has 3 rings (SSSR count). The van der Waals surface area contributed by atoms with Gasteiger partial charge in [-0.05, 0) is 42.2 Å². The monoisotopic (exact) mass is 383 g/mol. The van der Waals surface area contributed by atoms with Crippen LogP contribution in [0.25, 0.3) is 11.4 Å². The number of ketones is 1. The van der Waals surface area contributed by atoms with Crippen molar-refractivity contribution in [2.24, 2.45) is 7.05 Å². The minimum absolute atomic E-state index is 0.0574. The molecule has 0 amide bonds. The molecule has 27 heavy (non-hydrogen) atoms. The number of rotatable bonds is 7. The van der Waals surface area contributed by atoms with Crippen LogP contribution in [-0.4, -0.2) is 26.3 Å². The molecule has 1 atom stereocenters. The molecule has 0 saturated carbocycles. The lowest BCUT2D eigenvalue weighted by molar-refractivity contribution is 0.102. The fourth-order valence-electron chi connectivity index (χ4n) is 2.74. The van der Waals surface area contributed by atoms with E-state index in [-0.39, 0.29) is 17.4 Å². The topological polar surface area (TPSA) is 47.8 Å². The Labute approximate surface area is 162 Å². The number of carbonyl (C=O) groups is 1. The maximum Gasteiger partial charge on any atom is 0.191 e. The van der Waals surface area contributed by atoms with E-state index in [9.17, 15) is 9.18 Å². The summed E-state index contributed by atoms with van der Waals surface area (Å²) in [5.74, 6) is 1.19.